The number of thiophene rings is 1. The Kier molecular flexibility index (Phi) is 4.40. The van der Waals surface area contributed by atoms with Gasteiger partial charge in [-0.2, -0.15) is 0 Å². The van der Waals surface area contributed by atoms with E-state index < -0.39 is 0 Å². The van der Waals surface area contributed by atoms with E-state index in [0.717, 1.165) is 23.7 Å². The number of rotatable bonds is 4. The van der Waals surface area contributed by atoms with Gasteiger partial charge in [-0.3, -0.25) is 0 Å². The summed E-state index contributed by atoms with van der Waals surface area (Å²) in [6.45, 7) is 8.69. The van der Waals surface area contributed by atoms with Crippen LogP contribution in [0.1, 0.15) is 38.0 Å². The van der Waals surface area contributed by atoms with Crippen molar-refractivity contribution in [3.8, 4) is 0 Å². The smallest absolute Gasteiger partial charge is 0.141 e. The Morgan fingerprint density at radius 1 is 1.38 bits per heavy atom. The molecular formula is C16H24N4S. The zero-order valence-electron chi connectivity index (χ0n) is 13.1. The van der Waals surface area contributed by atoms with Crippen molar-refractivity contribution in [2.24, 2.45) is 0 Å². The number of piperidine rings is 1. The average Bonchev–Trinajstić information content (AvgIpc) is 2.85. The van der Waals surface area contributed by atoms with Gasteiger partial charge < -0.3 is 10.2 Å². The van der Waals surface area contributed by atoms with Gasteiger partial charge in [0.25, 0.3) is 0 Å². The first-order valence-corrected chi connectivity index (χ1v) is 8.68. The van der Waals surface area contributed by atoms with Gasteiger partial charge in [0.1, 0.15) is 17.0 Å². The van der Waals surface area contributed by atoms with Crippen molar-refractivity contribution in [2.45, 2.75) is 52.1 Å². The Hall–Kier alpha value is -1.20. The monoisotopic (exact) mass is 304 g/mol. The predicted molar refractivity (Wildman–Crippen MR) is 90.3 cm³/mol. The highest BCUT2D eigenvalue weighted by Gasteiger charge is 2.25. The summed E-state index contributed by atoms with van der Waals surface area (Å²) in [5.74, 6) is 1.12. The first kappa shape index (κ1) is 14.7. The topological polar surface area (TPSA) is 41.0 Å². The maximum absolute atomic E-state index is 4.61. The standard InChI is InChI=1S/C16H24N4S/c1-11(2)17-9-13-6-4-5-7-20(13)15-14-8-12(3)21-16(14)19-10-18-15/h8,10-11,13,17H,4-7,9H2,1-3H3. The summed E-state index contributed by atoms with van der Waals surface area (Å²) < 4.78 is 0. The minimum Gasteiger partial charge on any atom is -0.352 e. The van der Waals surface area contributed by atoms with Crippen LogP contribution in [0.5, 0.6) is 0 Å². The van der Waals surface area contributed by atoms with Crippen LogP contribution in [0.2, 0.25) is 0 Å². The van der Waals surface area contributed by atoms with Gasteiger partial charge >= 0.3 is 0 Å². The highest BCUT2D eigenvalue weighted by atomic mass is 32.1. The van der Waals surface area contributed by atoms with Crippen LogP contribution in [0, 0.1) is 6.92 Å². The highest BCUT2D eigenvalue weighted by molar-refractivity contribution is 7.18. The summed E-state index contributed by atoms with van der Waals surface area (Å²) in [4.78, 5) is 13.9. The Morgan fingerprint density at radius 3 is 3.05 bits per heavy atom. The molecule has 1 aliphatic heterocycles. The van der Waals surface area contributed by atoms with E-state index in [-0.39, 0.29) is 0 Å². The molecule has 1 fully saturated rings. The summed E-state index contributed by atoms with van der Waals surface area (Å²) in [5.41, 5.74) is 0. The van der Waals surface area contributed by atoms with Crippen molar-refractivity contribution in [3.63, 3.8) is 0 Å². The van der Waals surface area contributed by atoms with E-state index in [0.29, 0.717) is 12.1 Å². The number of fused-ring (bicyclic) bond motifs is 1. The van der Waals surface area contributed by atoms with Crippen molar-refractivity contribution in [3.05, 3.63) is 17.3 Å². The number of hydrogen-bond donors (Lipinski definition) is 1. The Balaban J connectivity index is 1.90. The number of nitrogens with zero attached hydrogens (tertiary/aromatic N) is 3. The van der Waals surface area contributed by atoms with E-state index >= 15 is 0 Å². The van der Waals surface area contributed by atoms with Crippen LogP contribution < -0.4 is 10.2 Å². The van der Waals surface area contributed by atoms with E-state index in [1.807, 2.05) is 0 Å². The van der Waals surface area contributed by atoms with Gasteiger partial charge in [-0.1, -0.05) is 13.8 Å². The summed E-state index contributed by atoms with van der Waals surface area (Å²) in [5, 5.41) is 4.80. The predicted octanol–water partition coefficient (Wildman–Crippen LogP) is 3.36. The van der Waals surface area contributed by atoms with Crippen LogP contribution in [0.4, 0.5) is 5.82 Å². The first-order chi connectivity index (χ1) is 10.1. The SMILES string of the molecule is Cc1cc2c(N3CCCCC3CNC(C)C)ncnc2s1. The fourth-order valence-electron chi connectivity index (χ4n) is 3.06. The molecule has 0 saturated carbocycles. The van der Waals surface area contributed by atoms with Crippen molar-refractivity contribution < 1.29 is 0 Å². The van der Waals surface area contributed by atoms with Gasteiger partial charge in [0.15, 0.2) is 0 Å². The van der Waals surface area contributed by atoms with E-state index in [9.17, 15) is 0 Å². The number of hydrogen-bond acceptors (Lipinski definition) is 5. The largest absolute Gasteiger partial charge is 0.352 e. The molecule has 3 heterocycles. The Labute approximate surface area is 130 Å². The number of nitrogens with one attached hydrogen (secondary N) is 1. The van der Waals surface area contributed by atoms with Gasteiger partial charge in [-0.15, -0.1) is 11.3 Å². The van der Waals surface area contributed by atoms with Gasteiger partial charge in [0, 0.05) is 30.1 Å². The molecule has 0 aromatic carbocycles. The molecule has 114 valence electrons. The third kappa shape index (κ3) is 3.19. The molecule has 2 aromatic heterocycles. The summed E-state index contributed by atoms with van der Waals surface area (Å²) >= 11 is 1.76. The molecule has 3 rings (SSSR count). The van der Waals surface area contributed by atoms with Crippen molar-refractivity contribution in [1.82, 2.24) is 15.3 Å². The maximum atomic E-state index is 4.61. The van der Waals surface area contributed by atoms with Crippen molar-refractivity contribution in [2.75, 3.05) is 18.0 Å². The van der Waals surface area contributed by atoms with Gasteiger partial charge in [-0.25, -0.2) is 9.97 Å². The lowest BCUT2D eigenvalue weighted by Crippen LogP contribution is -2.47. The molecule has 4 nitrogen and oxygen atoms in total. The lowest BCUT2D eigenvalue weighted by Gasteiger charge is -2.37. The Bertz CT molecular complexity index is 607. The normalized spacial score (nSPS) is 19.6. The van der Waals surface area contributed by atoms with E-state index in [1.165, 1.54) is 29.5 Å². The second-order valence-electron chi connectivity index (χ2n) is 6.18. The number of aromatic nitrogens is 2. The van der Waals surface area contributed by atoms with Crippen LogP contribution in [0.25, 0.3) is 10.2 Å². The molecule has 0 bridgehead atoms. The highest BCUT2D eigenvalue weighted by Crippen LogP contribution is 2.32. The molecule has 2 aromatic rings. The van der Waals surface area contributed by atoms with Crippen molar-refractivity contribution in [1.29, 1.82) is 0 Å². The molecular weight excluding hydrogens is 280 g/mol. The lowest BCUT2D eigenvalue weighted by molar-refractivity contribution is 0.419. The second kappa shape index (κ2) is 6.28. The molecule has 0 radical (unpaired) electrons. The van der Waals surface area contributed by atoms with E-state index in [1.54, 1.807) is 17.7 Å². The molecule has 21 heavy (non-hydrogen) atoms. The van der Waals surface area contributed by atoms with E-state index in [4.69, 9.17) is 0 Å². The van der Waals surface area contributed by atoms with Gasteiger partial charge in [0.05, 0.1) is 5.39 Å². The van der Waals surface area contributed by atoms with Crippen LogP contribution in [0.15, 0.2) is 12.4 Å². The molecule has 5 heteroatoms. The van der Waals surface area contributed by atoms with Gasteiger partial charge in [0.2, 0.25) is 0 Å². The summed E-state index contributed by atoms with van der Waals surface area (Å²) in [7, 11) is 0. The van der Waals surface area contributed by atoms with Crippen molar-refractivity contribution >= 4 is 27.4 Å². The molecule has 1 aliphatic rings. The molecule has 0 spiro atoms. The molecule has 1 unspecified atom stereocenters. The molecule has 0 aliphatic carbocycles. The average molecular weight is 304 g/mol. The number of anilines is 1. The third-order valence-electron chi connectivity index (χ3n) is 4.09. The molecule has 1 atom stereocenters. The minimum atomic E-state index is 0.530. The molecule has 1 N–H and O–H groups in total. The fourth-order valence-corrected chi connectivity index (χ4v) is 3.90. The van der Waals surface area contributed by atoms with Crippen LogP contribution in [-0.4, -0.2) is 35.1 Å². The Morgan fingerprint density at radius 2 is 2.24 bits per heavy atom. The number of aryl methyl sites for hydroxylation is 1. The maximum Gasteiger partial charge on any atom is 0.141 e. The van der Waals surface area contributed by atoms with Crippen LogP contribution in [0.3, 0.4) is 0 Å². The summed E-state index contributed by atoms with van der Waals surface area (Å²) in [6.07, 6.45) is 5.54. The fraction of sp³-hybridized carbons (Fsp3) is 0.625. The quantitative estimate of drug-likeness (QED) is 0.940. The zero-order valence-corrected chi connectivity index (χ0v) is 13.9. The molecule has 0 amide bonds. The zero-order chi connectivity index (χ0) is 14.8. The van der Waals surface area contributed by atoms with Crippen LogP contribution >= 0.6 is 11.3 Å². The summed E-state index contributed by atoms with van der Waals surface area (Å²) in [6, 6.07) is 3.30. The van der Waals surface area contributed by atoms with Crippen LogP contribution in [-0.2, 0) is 0 Å². The van der Waals surface area contributed by atoms with Gasteiger partial charge in [-0.05, 0) is 32.3 Å². The third-order valence-corrected chi connectivity index (χ3v) is 5.05. The lowest BCUT2D eigenvalue weighted by atomic mass is 10.0. The molecule has 1 saturated heterocycles. The second-order valence-corrected chi connectivity index (χ2v) is 7.41. The van der Waals surface area contributed by atoms with E-state index in [2.05, 4.69) is 47.0 Å². The minimum absolute atomic E-state index is 0.530. The first-order valence-electron chi connectivity index (χ1n) is 7.86.